The van der Waals surface area contributed by atoms with Gasteiger partial charge in [0.05, 0.1) is 28.8 Å². The average molecular weight is 473 g/mol. The average Bonchev–Trinajstić information content (AvgIpc) is 3.71. The van der Waals surface area contributed by atoms with Crippen LogP contribution in [0.4, 0.5) is 5.82 Å². The molecule has 8 heteroatoms. The van der Waals surface area contributed by atoms with E-state index < -0.39 is 5.60 Å². The summed E-state index contributed by atoms with van der Waals surface area (Å²) in [5.41, 5.74) is 1.16. The SMILES string of the molecule is COCc1nc(N2C[C@@H](C)[C@@](C)(O)[C@@H](C)C2)cc(-n2ncc3ccc([C@]4(C#N)CC45CC5)cc32)n1. The zero-order valence-electron chi connectivity index (χ0n) is 20.8. The van der Waals surface area contributed by atoms with Gasteiger partial charge >= 0.3 is 0 Å². The number of methoxy groups -OCH3 is 1. The number of rotatable bonds is 5. The third kappa shape index (κ3) is 3.29. The molecule has 2 saturated carbocycles. The summed E-state index contributed by atoms with van der Waals surface area (Å²) < 4.78 is 7.22. The Morgan fingerprint density at radius 2 is 1.86 bits per heavy atom. The highest BCUT2D eigenvalue weighted by Gasteiger charge is 2.75. The van der Waals surface area contributed by atoms with E-state index in [1.807, 2.05) is 23.9 Å². The maximum Gasteiger partial charge on any atom is 0.159 e. The predicted octanol–water partition coefficient (Wildman–Crippen LogP) is 3.75. The van der Waals surface area contributed by atoms with E-state index in [0.717, 1.165) is 41.5 Å². The van der Waals surface area contributed by atoms with Crippen molar-refractivity contribution in [3.63, 3.8) is 0 Å². The van der Waals surface area contributed by atoms with Crippen molar-refractivity contribution in [2.24, 2.45) is 17.3 Å². The van der Waals surface area contributed by atoms with Crippen LogP contribution in [0.2, 0.25) is 0 Å². The first-order valence-electron chi connectivity index (χ1n) is 12.5. The molecule has 3 aliphatic rings. The van der Waals surface area contributed by atoms with Gasteiger partial charge in [-0.05, 0) is 43.2 Å². The molecular weight excluding hydrogens is 440 g/mol. The highest BCUT2D eigenvalue weighted by Crippen LogP contribution is 2.78. The Morgan fingerprint density at radius 1 is 1.14 bits per heavy atom. The van der Waals surface area contributed by atoms with Crippen molar-refractivity contribution < 1.29 is 9.84 Å². The molecule has 1 spiro atoms. The summed E-state index contributed by atoms with van der Waals surface area (Å²) >= 11 is 0. The van der Waals surface area contributed by atoms with Crippen LogP contribution in [0.3, 0.4) is 0 Å². The molecule has 0 radical (unpaired) electrons. The summed E-state index contributed by atoms with van der Waals surface area (Å²) in [6, 6.07) is 10.9. The minimum absolute atomic E-state index is 0.0964. The summed E-state index contributed by atoms with van der Waals surface area (Å²) in [6.45, 7) is 7.79. The lowest BCUT2D eigenvalue weighted by Gasteiger charge is -2.46. The van der Waals surface area contributed by atoms with Gasteiger partial charge in [-0.1, -0.05) is 26.0 Å². The van der Waals surface area contributed by atoms with E-state index in [4.69, 9.17) is 14.7 Å². The first-order valence-corrected chi connectivity index (χ1v) is 12.5. The van der Waals surface area contributed by atoms with Gasteiger partial charge in [0.1, 0.15) is 12.4 Å². The van der Waals surface area contributed by atoms with Crippen molar-refractivity contribution in [3.05, 3.63) is 41.9 Å². The van der Waals surface area contributed by atoms with Gasteiger partial charge in [-0.15, -0.1) is 0 Å². The molecule has 3 heterocycles. The number of hydrogen-bond donors (Lipinski definition) is 1. The third-order valence-electron chi connectivity index (χ3n) is 9.04. The number of hydrogen-bond acceptors (Lipinski definition) is 7. The highest BCUT2D eigenvalue weighted by molar-refractivity contribution is 5.82. The molecular formula is C27H32N6O2. The monoisotopic (exact) mass is 472 g/mol. The molecule has 8 nitrogen and oxygen atoms in total. The van der Waals surface area contributed by atoms with Crippen molar-refractivity contribution in [2.75, 3.05) is 25.1 Å². The number of benzene rings is 1. The fraction of sp³-hybridized carbons (Fsp3) is 0.556. The molecule has 3 aromatic rings. The minimum atomic E-state index is -0.714. The Labute approximate surface area is 205 Å². The fourth-order valence-electron chi connectivity index (χ4n) is 6.03. The second-order valence-corrected chi connectivity index (χ2v) is 11.2. The van der Waals surface area contributed by atoms with E-state index in [1.54, 1.807) is 7.11 Å². The first-order chi connectivity index (χ1) is 16.7. The van der Waals surface area contributed by atoms with E-state index in [1.165, 1.54) is 0 Å². The van der Waals surface area contributed by atoms with E-state index >= 15 is 0 Å². The second kappa shape index (κ2) is 7.49. The van der Waals surface area contributed by atoms with Crippen molar-refractivity contribution in [1.82, 2.24) is 19.7 Å². The van der Waals surface area contributed by atoms with E-state index in [0.29, 0.717) is 31.3 Å². The standard InChI is InChI=1S/C27H32N6O2/c1-17-12-32(13-18(2)25(17,3)34)23-10-24(31-22(30-23)14-35-4)33-21-9-20(6-5-19(21)11-29-33)27(16-28)15-26(27)7-8-26/h5-6,9-11,17-18,34H,7-8,12-15H2,1-4H3/t17-,18+,25-,27-/m1/s1. The lowest BCUT2D eigenvalue weighted by molar-refractivity contribution is -0.0504. The molecule has 1 saturated heterocycles. The van der Waals surface area contributed by atoms with Crippen molar-refractivity contribution in [3.8, 4) is 11.9 Å². The lowest BCUT2D eigenvalue weighted by atomic mass is 9.76. The third-order valence-corrected chi connectivity index (χ3v) is 9.04. The number of nitriles is 1. The smallest absolute Gasteiger partial charge is 0.159 e. The Balaban J connectivity index is 1.42. The number of piperidine rings is 1. The van der Waals surface area contributed by atoms with Gasteiger partial charge in [-0.25, -0.2) is 14.6 Å². The van der Waals surface area contributed by atoms with Gasteiger partial charge in [0.15, 0.2) is 11.6 Å². The van der Waals surface area contributed by atoms with Crippen LogP contribution in [-0.4, -0.2) is 50.7 Å². The molecule has 4 atom stereocenters. The Bertz CT molecular complexity index is 1340. The van der Waals surface area contributed by atoms with Crippen molar-refractivity contribution in [2.45, 2.75) is 57.7 Å². The van der Waals surface area contributed by atoms with Crippen molar-refractivity contribution in [1.29, 1.82) is 5.26 Å². The minimum Gasteiger partial charge on any atom is -0.389 e. The van der Waals surface area contributed by atoms with Crippen LogP contribution in [0, 0.1) is 28.6 Å². The van der Waals surface area contributed by atoms with Crippen LogP contribution in [0.5, 0.6) is 0 Å². The van der Waals surface area contributed by atoms with Gasteiger partial charge in [0, 0.05) is 43.5 Å². The van der Waals surface area contributed by atoms with Gasteiger partial charge in [0.25, 0.3) is 0 Å². The predicted molar refractivity (Wildman–Crippen MR) is 132 cm³/mol. The summed E-state index contributed by atoms with van der Waals surface area (Å²) in [7, 11) is 1.64. The van der Waals surface area contributed by atoms with Gasteiger partial charge in [-0.2, -0.15) is 10.4 Å². The van der Waals surface area contributed by atoms with Crippen LogP contribution < -0.4 is 4.90 Å². The Morgan fingerprint density at radius 3 is 2.49 bits per heavy atom. The van der Waals surface area contributed by atoms with Crippen LogP contribution in [0.15, 0.2) is 30.5 Å². The lowest BCUT2D eigenvalue weighted by Crippen LogP contribution is -2.55. The molecule has 0 unspecified atom stereocenters. The number of ether oxygens (including phenoxy) is 1. The maximum atomic E-state index is 10.9. The quantitative estimate of drug-likeness (QED) is 0.604. The van der Waals surface area contributed by atoms with Gasteiger partial charge in [-0.3, -0.25) is 0 Å². The Hall–Kier alpha value is -3.02. The van der Waals surface area contributed by atoms with E-state index in [2.05, 4.69) is 48.1 Å². The van der Waals surface area contributed by atoms with E-state index in [9.17, 15) is 10.4 Å². The van der Waals surface area contributed by atoms with Gasteiger partial charge in [0.2, 0.25) is 0 Å². The molecule has 1 aliphatic heterocycles. The van der Waals surface area contributed by atoms with Crippen LogP contribution in [0.25, 0.3) is 16.7 Å². The largest absolute Gasteiger partial charge is 0.389 e. The summed E-state index contributed by atoms with van der Waals surface area (Å²) in [5, 5.41) is 26.6. The molecule has 2 aliphatic carbocycles. The topological polar surface area (TPSA) is 100 Å². The fourth-order valence-corrected chi connectivity index (χ4v) is 6.03. The molecule has 1 N–H and O–H groups in total. The zero-order valence-corrected chi connectivity index (χ0v) is 20.8. The molecule has 182 valence electrons. The molecule has 35 heavy (non-hydrogen) atoms. The van der Waals surface area contributed by atoms with Gasteiger partial charge < -0.3 is 14.7 Å². The number of anilines is 1. The molecule has 6 rings (SSSR count). The molecule has 1 aromatic carbocycles. The van der Waals surface area contributed by atoms with Crippen molar-refractivity contribution >= 4 is 16.7 Å². The zero-order chi connectivity index (χ0) is 24.6. The summed E-state index contributed by atoms with van der Waals surface area (Å²) in [5.74, 6) is 2.27. The summed E-state index contributed by atoms with van der Waals surface area (Å²) in [6.07, 6.45) is 5.10. The molecule has 0 bridgehead atoms. The molecule has 2 aromatic heterocycles. The number of nitrogens with zero attached hydrogens (tertiary/aromatic N) is 6. The number of aromatic nitrogens is 4. The normalized spacial score (nSPS) is 31.0. The van der Waals surface area contributed by atoms with E-state index in [-0.39, 0.29) is 22.7 Å². The summed E-state index contributed by atoms with van der Waals surface area (Å²) in [4.78, 5) is 11.8. The highest BCUT2D eigenvalue weighted by atomic mass is 16.5. The maximum absolute atomic E-state index is 10.9. The number of aliphatic hydroxyl groups is 1. The first kappa shape index (κ1) is 22.4. The Kier molecular flexibility index (Phi) is 4.80. The van der Waals surface area contributed by atoms with Crippen LogP contribution in [-0.2, 0) is 16.8 Å². The molecule has 3 fully saturated rings. The number of fused-ring (bicyclic) bond motifs is 1. The molecule has 0 amide bonds. The van der Waals surface area contributed by atoms with Crippen LogP contribution >= 0.6 is 0 Å². The van der Waals surface area contributed by atoms with Crippen LogP contribution in [0.1, 0.15) is 51.4 Å². The second-order valence-electron chi connectivity index (χ2n) is 11.2.